The van der Waals surface area contributed by atoms with Crippen LogP contribution in [0.15, 0.2) is 36.5 Å². The van der Waals surface area contributed by atoms with Gasteiger partial charge in [0.1, 0.15) is 0 Å². The molecule has 3 N–H and O–H groups in total. The zero-order valence-electron chi connectivity index (χ0n) is 63.3. The van der Waals surface area contributed by atoms with Crippen LogP contribution in [-0.2, 0) is 14.3 Å². The quantitative estimate of drug-likeness (QED) is 0.0320. The summed E-state index contributed by atoms with van der Waals surface area (Å²) in [5.74, 6) is -0.0417. The number of carbonyl (C=O) groups is 2. The second kappa shape index (κ2) is 82.5. The first-order chi connectivity index (χ1) is 46.0. The van der Waals surface area contributed by atoms with Crippen LogP contribution in [0.25, 0.3) is 0 Å². The van der Waals surface area contributed by atoms with Gasteiger partial charge in [-0.1, -0.05) is 442 Å². The number of carbonyl (C=O) groups excluding carboxylic acids is 2. The molecule has 0 aromatic heterocycles. The molecule has 6 heteroatoms. The lowest BCUT2D eigenvalue weighted by atomic mass is 10.0. The van der Waals surface area contributed by atoms with Crippen LogP contribution < -0.4 is 5.32 Å². The molecular formula is C87H167NO5. The van der Waals surface area contributed by atoms with E-state index in [4.69, 9.17) is 4.74 Å². The van der Waals surface area contributed by atoms with Gasteiger partial charge in [0.2, 0.25) is 5.91 Å². The van der Waals surface area contributed by atoms with Gasteiger partial charge < -0.3 is 20.3 Å². The number of nitrogens with one attached hydrogen (secondary N) is 1. The van der Waals surface area contributed by atoms with E-state index in [9.17, 15) is 19.8 Å². The molecule has 2 unspecified atom stereocenters. The van der Waals surface area contributed by atoms with Gasteiger partial charge in [-0.15, -0.1) is 0 Å². The van der Waals surface area contributed by atoms with E-state index in [1.165, 1.54) is 405 Å². The van der Waals surface area contributed by atoms with Crippen LogP contribution in [0.5, 0.6) is 0 Å². The number of hydrogen-bond donors (Lipinski definition) is 3. The van der Waals surface area contributed by atoms with E-state index in [1.807, 2.05) is 6.08 Å². The van der Waals surface area contributed by atoms with Crippen molar-refractivity contribution in [3.05, 3.63) is 36.5 Å². The third-order valence-electron chi connectivity index (χ3n) is 20.2. The van der Waals surface area contributed by atoms with Gasteiger partial charge in [-0.2, -0.15) is 0 Å². The Morgan fingerprint density at radius 2 is 0.538 bits per heavy atom. The summed E-state index contributed by atoms with van der Waals surface area (Å²) >= 11 is 0. The molecule has 0 saturated heterocycles. The van der Waals surface area contributed by atoms with Gasteiger partial charge in [0.05, 0.1) is 25.4 Å². The van der Waals surface area contributed by atoms with Crippen molar-refractivity contribution in [2.45, 2.75) is 495 Å². The molecule has 0 spiro atoms. The highest BCUT2D eigenvalue weighted by molar-refractivity contribution is 5.76. The molecule has 1 amide bonds. The van der Waals surface area contributed by atoms with Crippen molar-refractivity contribution >= 4 is 11.9 Å². The first kappa shape index (κ1) is 91.1. The summed E-state index contributed by atoms with van der Waals surface area (Å²) in [4.78, 5) is 24.7. The van der Waals surface area contributed by atoms with E-state index < -0.39 is 12.1 Å². The zero-order valence-corrected chi connectivity index (χ0v) is 63.3. The standard InChI is InChI=1S/C87H167NO5/c1-3-5-7-9-11-13-15-17-19-21-22-23-24-38-41-44-48-51-55-59-63-67-71-75-79-85(90)84(83-89)88-86(91)80-76-72-68-64-60-56-52-49-45-42-39-36-34-32-30-28-26-25-27-29-31-33-35-37-40-43-46-50-54-58-62-66-70-74-78-82-93-87(92)81-77-73-69-65-61-57-53-47-20-18-16-14-12-10-8-6-4-2/h12,14,18,20,75,79,84-85,89-90H,3-11,13,15-17,19,21-74,76-78,80-83H2,1-2H3,(H,88,91)/b14-12-,20-18-,79-75+. The second-order valence-corrected chi connectivity index (χ2v) is 29.5. The highest BCUT2D eigenvalue weighted by atomic mass is 16.5. The average molecular weight is 1310 g/mol. The number of allylic oxidation sites excluding steroid dienone is 5. The Kier molecular flexibility index (Phi) is 80.8. The van der Waals surface area contributed by atoms with Crippen LogP contribution in [0.3, 0.4) is 0 Å². The molecule has 0 aliphatic rings. The number of unbranched alkanes of at least 4 members (excludes halogenated alkanes) is 66. The summed E-state index contributed by atoms with van der Waals surface area (Å²) in [7, 11) is 0. The summed E-state index contributed by atoms with van der Waals surface area (Å²) in [6.07, 6.45) is 109. The SMILES string of the molecule is CCCCC/C=C\C/C=C\CCCCCCCCCC(=O)OCCCCCCCCCCCCCCCCCCCCCCCCCCCCCCCCCCCCCC(=O)NC(CO)C(O)/C=C/CCCCCCCCCCCCCCCCCCCCCCCC. The summed E-state index contributed by atoms with van der Waals surface area (Å²) in [6, 6.07) is -0.625. The molecule has 0 bridgehead atoms. The number of aliphatic hydroxyl groups excluding tert-OH is 2. The third kappa shape index (κ3) is 79.0. The first-order valence-electron chi connectivity index (χ1n) is 42.8. The zero-order chi connectivity index (χ0) is 67.0. The largest absolute Gasteiger partial charge is 0.466 e. The van der Waals surface area contributed by atoms with Crippen molar-refractivity contribution in [2.75, 3.05) is 13.2 Å². The maximum absolute atomic E-state index is 12.6. The normalized spacial score (nSPS) is 12.6. The molecule has 0 saturated carbocycles. The Balaban J connectivity index is 3.34. The molecule has 2 atom stereocenters. The smallest absolute Gasteiger partial charge is 0.305 e. The van der Waals surface area contributed by atoms with E-state index >= 15 is 0 Å². The summed E-state index contributed by atoms with van der Waals surface area (Å²) < 4.78 is 5.51. The molecule has 0 aromatic rings. The van der Waals surface area contributed by atoms with Crippen molar-refractivity contribution in [3.63, 3.8) is 0 Å². The van der Waals surface area contributed by atoms with Crippen molar-refractivity contribution in [1.82, 2.24) is 5.32 Å². The Bertz CT molecular complexity index is 1510. The number of rotatable bonds is 81. The topological polar surface area (TPSA) is 95.9 Å². The van der Waals surface area contributed by atoms with Crippen molar-refractivity contribution in [2.24, 2.45) is 0 Å². The lowest BCUT2D eigenvalue weighted by molar-refractivity contribution is -0.143. The Hall–Kier alpha value is -1.92. The van der Waals surface area contributed by atoms with E-state index in [1.54, 1.807) is 6.08 Å². The van der Waals surface area contributed by atoms with Gasteiger partial charge in [-0.3, -0.25) is 9.59 Å². The minimum Gasteiger partial charge on any atom is -0.466 e. The Morgan fingerprint density at radius 3 is 0.839 bits per heavy atom. The fourth-order valence-corrected chi connectivity index (χ4v) is 13.7. The fraction of sp³-hybridized carbons (Fsp3) is 0.908. The molecule has 0 fully saturated rings. The predicted octanol–water partition coefficient (Wildman–Crippen LogP) is 28.6. The van der Waals surface area contributed by atoms with Crippen molar-refractivity contribution < 1.29 is 24.5 Å². The van der Waals surface area contributed by atoms with E-state index in [2.05, 4.69) is 43.5 Å². The molecule has 0 aromatic carbocycles. The lowest BCUT2D eigenvalue weighted by Gasteiger charge is -2.20. The van der Waals surface area contributed by atoms with Gasteiger partial charge in [0.15, 0.2) is 0 Å². The predicted molar refractivity (Wildman–Crippen MR) is 412 cm³/mol. The van der Waals surface area contributed by atoms with E-state index in [0.29, 0.717) is 19.4 Å². The van der Waals surface area contributed by atoms with Gasteiger partial charge in [0, 0.05) is 12.8 Å². The maximum atomic E-state index is 12.6. The van der Waals surface area contributed by atoms with Crippen LogP contribution in [0.2, 0.25) is 0 Å². The highest BCUT2D eigenvalue weighted by Crippen LogP contribution is 2.21. The van der Waals surface area contributed by atoms with E-state index in [0.717, 1.165) is 51.4 Å². The minimum atomic E-state index is -0.842. The number of aliphatic hydroxyl groups is 2. The van der Waals surface area contributed by atoms with E-state index in [-0.39, 0.29) is 18.5 Å². The fourth-order valence-electron chi connectivity index (χ4n) is 13.7. The molecule has 0 radical (unpaired) electrons. The Labute approximate surface area is 583 Å². The first-order valence-corrected chi connectivity index (χ1v) is 42.8. The molecule has 0 heterocycles. The summed E-state index contributed by atoms with van der Waals surface area (Å²) in [6.45, 7) is 4.93. The molecule has 550 valence electrons. The summed E-state index contributed by atoms with van der Waals surface area (Å²) in [5, 5.41) is 23.3. The highest BCUT2D eigenvalue weighted by Gasteiger charge is 2.18. The second-order valence-electron chi connectivity index (χ2n) is 29.5. The van der Waals surface area contributed by atoms with Gasteiger partial charge >= 0.3 is 5.97 Å². The molecular weight excluding hydrogens is 1140 g/mol. The summed E-state index contributed by atoms with van der Waals surface area (Å²) in [5.41, 5.74) is 0. The molecule has 93 heavy (non-hydrogen) atoms. The van der Waals surface area contributed by atoms with Crippen molar-refractivity contribution in [3.8, 4) is 0 Å². The number of ether oxygens (including phenoxy) is 1. The van der Waals surface area contributed by atoms with Crippen LogP contribution in [0, 0.1) is 0 Å². The van der Waals surface area contributed by atoms with Crippen LogP contribution in [0.1, 0.15) is 483 Å². The van der Waals surface area contributed by atoms with Gasteiger partial charge in [-0.05, 0) is 64.2 Å². The number of amides is 1. The Morgan fingerprint density at radius 1 is 0.301 bits per heavy atom. The van der Waals surface area contributed by atoms with Crippen LogP contribution in [-0.4, -0.2) is 47.4 Å². The number of hydrogen-bond acceptors (Lipinski definition) is 5. The molecule has 0 aliphatic heterocycles. The monoisotopic (exact) mass is 1310 g/mol. The third-order valence-corrected chi connectivity index (χ3v) is 20.2. The molecule has 0 rings (SSSR count). The minimum absolute atomic E-state index is 0.0155. The lowest BCUT2D eigenvalue weighted by Crippen LogP contribution is -2.45. The number of esters is 1. The van der Waals surface area contributed by atoms with Crippen LogP contribution in [0.4, 0.5) is 0 Å². The molecule has 6 nitrogen and oxygen atoms in total. The van der Waals surface area contributed by atoms with Gasteiger partial charge in [-0.25, -0.2) is 0 Å². The van der Waals surface area contributed by atoms with Crippen molar-refractivity contribution in [1.29, 1.82) is 0 Å². The molecule has 0 aliphatic carbocycles. The van der Waals surface area contributed by atoms with Gasteiger partial charge in [0.25, 0.3) is 0 Å². The van der Waals surface area contributed by atoms with Crippen LogP contribution >= 0.6 is 0 Å². The maximum Gasteiger partial charge on any atom is 0.305 e. The average Bonchev–Trinajstić information content (AvgIpc) is 3.78.